The van der Waals surface area contributed by atoms with Crippen LogP contribution in [0.3, 0.4) is 0 Å². The molecule has 12 heteroatoms. The molecule has 24 heavy (non-hydrogen) atoms. The SMILES string of the molecule is CC(N=[N+]=N)C(=O)NC[C@H]1O[C@@H](n2ccc(=O)[nH]c2=O)[C@H](O)[C@@H]1O. The van der Waals surface area contributed by atoms with Crippen LogP contribution in [-0.2, 0) is 9.53 Å². The number of carbonyl (C=O) groups is 1. The molecule has 2 rings (SSSR count). The molecule has 1 aromatic rings. The number of nitrogens with one attached hydrogen (secondary N) is 3. The van der Waals surface area contributed by atoms with Gasteiger partial charge in [0.15, 0.2) is 6.23 Å². The zero-order chi connectivity index (χ0) is 17.9. The summed E-state index contributed by atoms with van der Waals surface area (Å²) in [6.45, 7) is 1.28. The van der Waals surface area contributed by atoms with E-state index in [1.165, 1.54) is 6.92 Å². The number of amides is 1. The first-order chi connectivity index (χ1) is 11.3. The molecular weight excluding hydrogens is 324 g/mol. The highest BCUT2D eigenvalue weighted by molar-refractivity contribution is 5.81. The number of aromatic amines is 1. The first-order valence-corrected chi connectivity index (χ1v) is 7.02. The van der Waals surface area contributed by atoms with Crippen LogP contribution in [-0.4, -0.2) is 56.6 Å². The molecule has 1 unspecified atom stereocenters. The fourth-order valence-corrected chi connectivity index (χ4v) is 2.24. The fourth-order valence-electron chi connectivity index (χ4n) is 2.24. The Hall–Kier alpha value is -2.66. The van der Waals surface area contributed by atoms with Gasteiger partial charge in [-0.3, -0.25) is 19.1 Å². The molecule has 0 bridgehead atoms. The van der Waals surface area contributed by atoms with Crippen LogP contribution < -0.4 is 21.5 Å². The molecule has 12 nitrogen and oxygen atoms in total. The summed E-state index contributed by atoms with van der Waals surface area (Å²) < 4.78 is 6.36. The first-order valence-electron chi connectivity index (χ1n) is 7.02. The van der Waals surface area contributed by atoms with Crippen LogP contribution in [0.25, 0.3) is 0 Å². The van der Waals surface area contributed by atoms with Crippen molar-refractivity contribution in [3.63, 3.8) is 0 Å². The van der Waals surface area contributed by atoms with Gasteiger partial charge in [0.25, 0.3) is 11.5 Å². The van der Waals surface area contributed by atoms with E-state index in [9.17, 15) is 24.6 Å². The summed E-state index contributed by atoms with van der Waals surface area (Å²) >= 11 is 0. The third-order valence-electron chi connectivity index (χ3n) is 3.55. The molecule has 0 radical (unpaired) electrons. The van der Waals surface area contributed by atoms with E-state index in [1.807, 2.05) is 4.98 Å². The van der Waals surface area contributed by atoms with Crippen molar-refractivity contribution < 1.29 is 19.7 Å². The highest BCUT2D eigenvalue weighted by Gasteiger charge is 2.44. The van der Waals surface area contributed by atoms with Gasteiger partial charge in [-0.1, -0.05) is 0 Å². The lowest BCUT2D eigenvalue weighted by atomic mass is 10.1. The van der Waals surface area contributed by atoms with Crippen molar-refractivity contribution in [2.75, 3.05) is 6.54 Å². The van der Waals surface area contributed by atoms with E-state index in [4.69, 9.17) is 10.3 Å². The summed E-state index contributed by atoms with van der Waals surface area (Å²) in [6.07, 6.45) is -3.84. The van der Waals surface area contributed by atoms with Crippen LogP contribution in [0.2, 0.25) is 0 Å². The van der Waals surface area contributed by atoms with Gasteiger partial charge in [0, 0.05) is 18.8 Å². The number of aromatic nitrogens is 2. The molecule has 0 spiro atoms. The van der Waals surface area contributed by atoms with Crippen molar-refractivity contribution in [1.82, 2.24) is 19.8 Å². The fraction of sp³-hybridized carbons (Fsp3) is 0.583. The zero-order valence-corrected chi connectivity index (χ0v) is 12.6. The van der Waals surface area contributed by atoms with E-state index in [2.05, 4.69) is 15.3 Å². The van der Waals surface area contributed by atoms with Crippen LogP contribution >= 0.6 is 0 Å². The Morgan fingerprint density at radius 3 is 2.88 bits per heavy atom. The average Bonchev–Trinajstić information content (AvgIpc) is 2.81. The Labute approximate surface area is 134 Å². The molecule has 0 saturated carbocycles. The smallest absolute Gasteiger partial charge is 0.330 e. The monoisotopic (exact) mass is 341 g/mol. The second kappa shape index (κ2) is 7.27. The van der Waals surface area contributed by atoms with Crippen molar-refractivity contribution in [2.24, 2.45) is 5.11 Å². The lowest BCUT2D eigenvalue weighted by Gasteiger charge is -2.16. The lowest BCUT2D eigenvalue weighted by molar-refractivity contribution is -0.123. The minimum Gasteiger partial charge on any atom is -0.387 e. The largest absolute Gasteiger partial charge is 0.387 e. The van der Waals surface area contributed by atoms with Crippen molar-refractivity contribution in [2.45, 2.75) is 37.5 Å². The summed E-state index contributed by atoms with van der Waals surface area (Å²) in [4.78, 5) is 39.3. The van der Waals surface area contributed by atoms with Gasteiger partial charge in [0.1, 0.15) is 29.0 Å². The second-order valence-corrected chi connectivity index (χ2v) is 5.20. The standard InChI is InChI=1S/C12H16N6O6/c1-5(16-17-13)10(22)14-4-6-8(20)9(21)11(24-6)18-3-2-7(19)15-12(18)23/h2-3,5-6,8-9,11,13,20-21H,4H2,1H3,(H-,14,15,19,22,23)/p+1/t5?,6-,8-,9-,11-/m1/s1. The Morgan fingerprint density at radius 1 is 1.54 bits per heavy atom. The number of ether oxygens (including phenoxy) is 1. The maximum atomic E-state index is 11.7. The molecule has 0 aliphatic carbocycles. The van der Waals surface area contributed by atoms with E-state index >= 15 is 0 Å². The zero-order valence-electron chi connectivity index (χ0n) is 12.6. The minimum atomic E-state index is -1.43. The molecule has 1 fully saturated rings. The molecule has 0 aromatic carbocycles. The van der Waals surface area contributed by atoms with Crippen LogP contribution in [0.4, 0.5) is 0 Å². The quantitative estimate of drug-likeness (QED) is 0.285. The van der Waals surface area contributed by atoms with E-state index in [-0.39, 0.29) is 6.54 Å². The number of nitrogens with zero attached hydrogens (tertiary/aromatic N) is 3. The number of rotatable bonds is 5. The van der Waals surface area contributed by atoms with E-state index in [0.717, 1.165) is 16.8 Å². The number of hydrogen-bond acceptors (Lipinski definition) is 8. The maximum absolute atomic E-state index is 11.7. The number of H-pyrrole nitrogens is 1. The molecule has 1 aliphatic rings. The van der Waals surface area contributed by atoms with Gasteiger partial charge in [0.2, 0.25) is 11.0 Å². The maximum Gasteiger partial charge on any atom is 0.330 e. The molecule has 2 heterocycles. The van der Waals surface area contributed by atoms with Crippen LogP contribution in [0, 0.1) is 5.53 Å². The van der Waals surface area contributed by atoms with Crippen molar-refractivity contribution in [3.8, 4) is 0 Å². The van der Waals surface area contributed by atoms with Gasteiger partial charge >= 0.3 is 5.69 Å². The number of aliphatic hydroxyl groups excluding tert-OH is 2. The predicted molar refractivity (Wildman–Crippen MR) is 77.0 cm³/mol. The molecule has 1 aromatic heterocycles. The van der Waals surface area contributed by atoms with E-state index in [0.29, 0.717) is 0 Å². The van der Waals surface area contributed by atoms with Gasteiger partial charge in [-0.05, 0) is 6.92 Å². The molecular formula is C12H17N6O6+. The Bertz CT molecular complexity index is 768. The van der Waals surface area contributed by atoms with Crippen molar-refractivity contribution in [1.29, 1.82) is 5.53 Å². The molecule has 1 amide bonds. The highest BCUT2D eigenvalue weighted by Crippen LogP contribution is 2.27. The van der Waals surface area contributed by atoms with Gasteiger partial charge in [-0.15, -0.1) is 0 Å². The Kier molecular flexibility index (Phi) is 5.36. The first kappa shape index (κ1) is 17.7. The molecule has 5 atom stereocenters. The summed E-state index contributed by atoms with van der Waals surface area (Å²) in [5.41, 5.74) is 5.16. The van der Waals surface area contributed by atoms with E-state index in [1.54, 1.807) is 0 Å². The van der Waals surface area contributed by atoms with Crippen LogP contribution in [0.1, 0.15) is 13.2 Å². The third kappa shape index (κ3) is 3.63. The average molecular weight is 341 g/mol. The number of carbonyl (C=O) groups excluding carboxylic acids is 1. The summed E-state index contributed by atoms with van der Waals surface area (Å²) in [6, 6.07) is 0.190. The predicted octanol–water partition coefficient (Wildman–Crippen LogP) is -2.79. The summed E-state index contributed by atoms with van der Waals surface area (Å²) in [7, 11) is 0. The van der Waals surface area contributed by atoms with Crippen molar-refractivity contribution >= 4 is 5.91 Å². The third-order valence-corrected chi connectivity index (χ3v) is 3.55. The van der Waals surface area contributed by atoms with Gasteiger partial charge in [-0.2, -0.15) is 0 Å². The lowest BCUT2D eigenvalue weighted by Crippen LogP contribution is -2.42. The normalized spacial score (nSPS) is 27.3. The van der Waals surface area contributed by atoms with Gasteiger partial charge in [0.05, 0.1) is 0 Å². The highest BCUT2D eigenvalue weighted by atomic mass is 16.6. The number of hydrogen-bond donors (Lipinski definition) is 5. The summed E-state index contributed by atoms with van der Waals surface area (Å²) in [5.74, 6) is -0.541. The van der Waals surface area contributed by atoms with Crippen molar-refractivity contribution in [3.05, 3.63) is 33.1 Å². The van der Waals surface area contributed by atoms with Gasteiger partial charge in [-0.25, -0.2) is 4.79 Å². The Morgan fingerprint density at radius 2 is 2.25 bits per heavy atom. The topological polar surface area (TPSA) is 184 Å². The van der Waals surface area contributed by atoms with E-state index < -0.39 is 47.7 Å². The minimum absolute atomic E-state index is 0.149. The second-order valence-electron chi connectivity index (χ2n) is 5.20. The number of aliphatic hydroxyl groups is 2. The Balaban J connectivity index is 2.07. The molecule has 1 aliphatic heterocycles. The summed E-state index contributed by atoms with van der Waals surface area (Å²) in [5, 5.41) is 25.8. The molecule has 5 N–H and O–H groups in total. The molecule has 130 valence electrons. The van der Waals surface area contributed by atoms with Crippen LogP contribution in [0.15, 0.2) is 27.0 Å². The molecule has 1 saturated heterocycles. The van der Waals surface area contributed by atoms with Crippen LogP contribution in [0.5, 0.6) is 0 Å². The van der Waals surface area contributed by atoms with Gasteiger partial charge < -0.3 is 20.3 Å².